The molecule has 20 heavy (non-hydrogen) atoms. The molecule has 1 heterocycles. The Morgan fingerprint density at radius 2 is 2.30 bits per heavy atom. The Bertz CT molecular complexity index is 492. The number of benzene rings is 1. The van der Waals surface area contributed by atoms with Crippen LogP contribution in [0, 0.1) is 0 Å². The van der Waals surface area contributed by atoms with Crippen LogP contribution in [0.4, 0.5) is 5.69 Å². The largest absolute Gasteiger partial charge is 0.478 e. The third kappa shape index (κ3) is 2.94. The molecule has 5 heteroatoms. The Kier molecular flexibility index (Phi) is 4.94. The number of ether oxygens (including phenoxy) is 1. The van der Waals surface area contributed by atoms with Gasteiger partial charge >= 0.3 is 5.97 Å². The van der Waals surface area contributed by atoms with Gasteiger partial charge in [0.25, 0.3) is 0 Å². The maximum absolute atomic E-state index is 11.6. The Morgan fingerprint density at radius 3 is 2.85 bits per heavy atom. The maximum Gasteiger partial charge on any atom is 0.338 e. The first-order valence-electron chi connectivity index (χ1n) is 6.89. The first kappa shape index (κ1) is 15.2. The molecule has 1 aromatic carbocycles. The topological polar surface area (TPSA) is 49.8 Å². The average molecular weight is 295 g/mol. The second kappa shape index (κ2) is 6.50. The van der Waals surface area contributed by atoms with Crippen LogP contribution in [-0.4, -0.2) is 42.6 Å². The van der Waals surface area contributed by atoms with Crippen LogP contribution in [-0.2, 0) is 4.74 Å². The molecule has 110 valence electrons. The Balaban J connectivity index is 2.39. The number of nitrogens with zero attached hydrogens (tertiary/aromatic N) is 1. The molecule has 0 bridgehead atoms. The van der Waals surface area contributed by atoms with E-state index in [0.717, 1.165) is 29.4 Å². The van der Waals surface area contributed by atoms with E-state index in [2.05, 4.69) is 4.90 Å². The number of rotatable bonds is 5. The fourth-order valence-electron chi connectivity index (χ4n) is 2.71. The molecular formula is C15H21NO3S. The number of carboxylic acid groups (broad SMARTS) is 1. The predicted octanol–water partition coefficient (Wildman–Crippen LogP) is 3.11. The minimum atomic E-state index is -0.866. The van der Waals surface area contributed by atoms with Crippen molar-refractivity contribution >= 4 is 23.4 Å². The van der Waals surface area contributed by atoms with Crippen molar-refractivity contribution in [2.45, 2.75) is 37.3 Å². The van der Waals surface area contributed by atoms with Crippen LogP contribution >= 0.6 is 11.8 Å². The van der Waals surface area contributed by atoms with E-state index in [4.69, 9.17) is 4.74 Å². The molecule has 0 aromatic heterocycles. The summed E-state index contributed by atoms with van der Waals surface area (Å²) in [6.45, 7) is 4.81. The summed E-state index contributed by atoms with van der Waals surface area (Å²) in [6, 6.07) is 5.92. The maximum atomic E-state index is 11.6. The van der Waals surface area contributed by atoms with Crippen molar-refractivity contribution in [3.63, 3.8) is 0 Å². The Labute approximate surface area is 124 Å². The smallest absolute Gasteiger partial charge is 0.338 e. The third-order valence-electron chi connectivity index (χ3n) is 3.73. The minimum Gasteiger partial charge on any atom is -0.478 e. The zero-order chi connectivity index (χ0) is 14.7. The summed E-state index contributed by atoms with van der Waals surface area (Å²) in [5.74, 6) is -0.00824. The molecule has 0 amide bonds. The summed E-state index contributed by atoms with van der Waals surface area (Å²) in [5, 5.41) is 9.56. The number of likely N-dealkylation sites (N-methyl/N-ethyl adjacent to an activating group) is 1. The molecule has 1 saturated heterocycles. The summed E-state index contributed by atoms with van der Waals surface area (Å²) >= 11 is 1.57. The monoisotopic (exact) mass is 295 g/mol. The van der Waals surface area contributed by atoms with E-state index in [0.29, 0.717) is 5.56 Å². The lowest BCUT2D eigenvalue weighted by Gasteiger charge is -2.30. The molecule has 1 aliphatic heterocycles. The minimum absolute atomic E-state index is 0.129. The van der Waals surface area contributed by atoms with Gasteiger partial charge < -0.3 is 14.7 Å². The van der Waals surface area contributed by atoms with E-state index in [1.807, 2.05) is 39.1 Å². The van der Waals surface area contributed by atoms with E-state index >= 15 is 0 Å². The summed E-state index contributed by atoms with van der Waals surface area (Å²) in [6.07, 6.45) is 1.06. The normalized spacial score (nSPS) is 21.9. The highest BCUT2D eigenvalue weighted by Crippen LogP contribution is 2.33. The Hall–Kier alpha value is -1.20. The number of aromatic carboxylic acids is 1. The van der Waals surface area contributed by atoms with Gasteiger partial charge in [-0.3, -0.25) is 0 Å². The van der Waals surface area contributed by atoms with Crippen molar-refractivity contribution in [1.82, 2.24) is 0 Å². The van der Waals surface area contributed by atoms with E-state index in [1.54, 1.807) is 11.8 Å². The summed E-state index contributed by atoms with van der Waals surface area (Å²) < 4.78 is 5.59. The molecule has 0 spiro atoms. The number of hydrogen-bond donors (Lipinski definition) is 1. The second-order valence-corrected chi connectivity index (χ2v) is 6.24. The fourth-order valence-corrected chi connectivity index (χ4v) is 3.53. The first-order valence-corrected chi connectivity index (χ1v) is 7.88. The van der Waals surface area contributed by atoms with Gasteiger partial charge in [-0.05, 0) is 31.2 Å². The number of thioether (sulfide) groups is 1. The van der Waals surface area contributed by atoms with Crippen LogP contribution in [0.2, 0.25) is 0 Å². The van der Waals surface area contributed by atoms with Crippen molar-refractivity contribution in [3.8, 4) is 0 Å². The van der Waals surface area contributed by atoms with Crippen molar-refractivity contribution in [2.75, 3.05) is 24.3 Å². The molecular weight excluding hydrogens is 274 g/mol. The number of anilines is 1. The van der Waals surface area contributed by atoms with Crippen molar-refractivity contribution in [1.29, 1.82) is 0 Å². The number of hydrogen-bond acceptors (Lipinski definition) is 4. The Morgan fingerprint density at radius 1 is 1.55 bits per heavy atom. The molecule has 1 aliphatic rings. The number of carboxylic acids is 1. The van der Waals surface area contributed by atoms with Crippen LogP contribution in [0.25, 0.3) is 0 Å². The van der Waals surface area contributed by atoms with E-state index in [1.165, 1.54) is 0 Å². The second-order valence-electron chi connectivity index (χ2n) is 4.93. The first-order chi connectivity index (χ1) is 9.56. The predicted molar refractivity (Wildman–Crippen MR) is 82.0 cm³/mol. The van der Waals surface area contributed by atoms with Crippen LogP contribution in [0.15, 0.2) is 23.1 Å². The van der Waals surface area contributed by atoms with Gasteiger partial charge in [-0.1, -0.05) is 13.0 Å². The van der Waals surface area contributed by atoms with Crippen molar-refractivity contribution in [3.05, 3.63) is 23.8 Å². The van der Waals surface area contributed by atoms with Gasteiger partial charge in [0.05, 0.1) is 23.4 Å². The lowest BCUT2D eigenvalue weighted by molar-refractivity contribution is 0.0693. The lowest BCUT2D eigenvalue weighted by atomic mass is 10.1. The lowest BCUT2D eigenvalue weighted by Crippen LogP contribution is -2.37. The molecule has 4 nitrogen and oxygen atoms in total. The van der Waals surface area contributed by atoms with Gasteiger partial charge in [0, 0.05) is 18.6 Å². The van der Waals surface area contributed by atoms with Gasteiger partial charge in [-0.15, -0.1) is 11.8 Å². The molecule has 2 unspecified atom stereocenters. The van der Waals surface area contributed by atoms with Crippen molar-refractivity contribution < 1.29 is 14.6 Å². The molecule has 2 atom stereocenters. The zero-order valence-corrected chi connectivity index (χ0v) is 12.9. The SMILES string of the molecule is CCSc1cccc(N(C)C2CCOC2C)c1C(=O)O. The molecule has 0 aliphatic carbocycles. The van der Waals surface area contributed by atoms with Gasteiger partial charge in [-0.2, -0.15) is 0 Å². The molecule has 2 rings (SSSR count). The van der Waals surface area contributed by atoms with Crippen LogP contribution < -0.4 is 4.90 Å². The fraction of sp³-hybridized carbons (Fsp3) is 0.533. The summed E-state index contributed by atoms with van der Waals surface area (Å²) in [4.78, 5) is 14.5. The van der Waals surface area contributed by atoms with Gasteiger partial charge in [0.1, 0.15) is 0 Å². The number of carbonyl (C=O) groups is 1. The van der Waals surface area contributed by atoms with Crippen molar-refractivity contribution in [2.24, 2.45) is 0 Å². The third-order valence-corrected chi connectivity index (χ3v) is 4.67. The van der Waals surface area contributed by atoms with Crippen LogP contribution in [0.5, 0.6) is 0 Å². The highest BCUT2D eigenvalue weighted by atomic mass is 32.2. The quantitative estimate of drug-likeness (QED) is 0.846. The van der Waals surface area contributed by atoms with Gasteiger partial charge in [0.2, 0.25) is 0 Å². The van der Waals surface area contributed by atoms with E-state index in [-0.39, 0.29) is 12.1 Å². The van der Waals surface area contributed by atoms with Crippen LogP contribution in [0.3, 0.4) is 0 Å². The molecule has 1 N–H and O–H groups in total. The summed E-state index contributed by atoms with van der Waals surface area (Å²) in [7, 11) is 1.96. The van der Waals surface area contributed by atoms with E-state index in [9.17, 15) is 9.90 Å². The van der Waals surface area contributed by atoms with Gasteiger partial charge in [-0.25, -0.2) is 4.79 Å². The standard InChI is InChI=1S/C15H21NO3S/c1-4-20-13-7-5-6-12(14(13)15(17)18)16(3)11-8-9-19-10(11)2/h5-7,10-11H,4,8-9H2,1-3H3,(H,17,18). The molecule has 1 fully saturated rings. The van der Waals surface area contributed by atoms with Crippen LogP contribution in [0.1, 0.15) is 30.6 Å². The molecule has 0 radical (unpaired) electrons. The average Bonchev–Trinajstić information content (AvgIpc) is 2.84. The summed E-state index contributed by atoms with van der Waals surface area (Å²) in [5.41, 5.74) is 1.18. The molecule has 0 saturated carbocycles. The highest BCUT2D eigenvalue weighted by Gasteiger charge is 2.30. The van der Waals surface area contributed by atoms with Gasteiger partial charge in [0.15, 0.2) is 0 Å². The zero-order valence-electron chi connectivity index (χ0n) is 12.1. The highest BCUT2D eigenvalue weighted by molar-refractivity contribution is 7.99. The molecule has 1 aromatic rings. The van der Waals surface area contributed by atoms with E-state index < -0.39 is 5.97 Å².